The molecule has 1 aromatic carbocycles. The normalized spacial score (nSPS) is 26.6. The van der Waals surface area contributed by atoms with Crippen LogP contribution >= 0.6 is 0 Å². The van der Waals surface area contributed by atoms with Gasteiger partial charge in [0.15, 0.2) is 0 Å². The van der Waals surface area contributed by atoms with E-state index in [1.165, 1.54) is 56.6 Å². The Morgan fingerprint density at radius 3 is 2.72 bits per heavy atom. The minimum Gasteiger partial charge on any atom is -0.425 e. The summed E-state index contributed by atoms with van der Waals surface area (Å²) in [6, 6.07) is 5.61. The van der Waals surface area contributed by atoms with E-state index in [2.05, 4.69) is 31.3 Å². The van der Waals surface area contributed by atoms with E-state index in [4.69, 9.17) is 4.74 Å². The van der Waals surface area contributed by atoms with Gasteiger partial charge in [-0.1, -0.05) is 53.0 Å². The monoisotopic (exact) mass is 399 g/mol. The number of hydrogen-bond acceptors (Lipinski definition) is 3. The molecule has 2 bridgehead atoms. The van der Waals surface area contributed by atoms with Crippen LogP contribution in [-0.2, 0) is 21.4 Å². The predicted octanol–water partition coefficient (Wildman–Crippen LogP) is 5.17. The number of esters is 1. The molecule has 160 valence electrons. The molecule has 0 radical (unpaired) electrons. The molecule has 1 amide bonds. The van der Waals surface area contributed by atoms with Crippen LogP contribution in [0.3, 0.4) is 0 Å². The van der Waals surface area contributed by atoms with Gasteiger partial charge < -0.3 is 10.1 Å². The van der Waals surface area contributed by atoms with E-state index in [1.807, 2.05) is 19.9 Å². The number of ether oxygens (including phenoxy) is 1. The van der Waals surface area contributed by atoms with E-state index in [-0.39, 0.29) is 23.2 Å². The molecule has 1 aromatic rings. The van der Waals surface area contributed by atoms with Crippen LogP contribution < -0.4 is 10.1 Å². The van der Waals surface area contributed by atoms with Crippen molar-refractivity contribution in [2.24, 2.45) is 17.8 Å². The maximum atomic E-state index is 12.8. The second kappa shape index (κ2) is 8.89. The number of amides is 1. The van der Waals surface area contributed by atoms with Crippen LogP contribution in [0.15, 0.2) is 18.2 Å². The first-order valence-electron chi connectivity index (χ1n) is 11.4. The van der Waals surface area contributed by atoms with Crippen molar-refractivity contribution in [3.05, 3.63) is 29.3 Å². The average Bonchev–Trinajstić information content (AvgIpc) is 2.66. The molecule has 1 N–H and O–H groups in total. The quantitative estimate of drug-likeness (QED) is 0.508. The Morgan fingerprint density at radius 1 is 1.31 bits per heavy atom. The molecule has 4 nitrogen and oxygen atoms in total. The smallest absolute Gasteiger partial charge is 0.334 e. The van der Waals surface area contributed by atoms with Crippen LogP contribution in [0.1, 0.15) is 84.3 Å². The molecule has 29 heavy (non-hydrogen) atoms. The van der Waals surface area contributed by atoms with Crippen LogP contribution in [0.5, 0.6) is 5.75 Å². The number of carbonyl (C=O) groups excluding carboxylic acids is 2. The first kappa shape index (κ1) is 21.9. The highest BCUT2D eigenvalue weighted by Gasteiger charge is 2.48. The van der Waals surface area contributed by atoms with Crippen LogP contribution in [0.2, 0.25) is 0 Å². The Bertz CT molecular complexity index is 756. The summed E-state index contributed by atoms with van der Waals surface area (Å²) in [6.45, 7) is 9.96. The summed E-state index contributed by atoms with van der Waals surface area (Å²) in [6.07, 6.45) is 8.65. The van der Waals surface area contributed by atoms with Crippen molar-refractivity contribution in [1.82, 2.24) is 5.32 Å². The zero-order chi connectivity index (χ0) is 21.2. The largest absolute Gasteiger partial charge is 0.425 e. The second-order valence-corrected chi connectivity index (χ2v) is 9.57. The molecule has 4 heteroatoms. The lowest BCUT2D eigenvalue weighted by atomic mass is 9.52. The van der Waals surface area contributed by atoms with E-state index < -0.39 is 6.04 Å². The van der Waals surface area contributed by atoms with Crippen molar-refractivity contribution in [3.8, 4) is 5.75 Å². The third-order valence-corrected chi connectivity index (χ3v) is 7.35. The van der Waals surface area contributed by atoms with Gasteiger partial charge in [-0.3, -0.25) is 4.79 Å². The number of unbranched alkanes of at least 4 members (excludes halogenated alkanes) is 1. The highest BCUT2D eigenvalue weighted by molar-refractivity contribution is 5.84. The lowest BCUT2D eigenvalue weighted by Crippen LogP contribution is -2.46. The number of carbonyl (C=O) groups is 2. The summed E-state index contributed by atoms with van der Waals surface area (Å²) >= 11 is 0. The standard InChI is InChI=1S/C25H37NO3/c1-6-7-12-25-13-8-9-19(17(25)4)14-20-10-11-21(15-22(20)25)29-24(28)23(16(2)3)26-18(5)27/h10-11,15-17,19,23H,6-9,12-14H2,1-5H3,(H,26,27)/t17-,19+,23?,25+/m1/s1. The van der Waals surface area contributed by atoms with E-state index in [0.29, 0.717) is 11.7 Å². The number of rotatable bonds is 7. The summed E-state index contributed by atoms with van der Waals surface area (Å²) in [7, 11) is 0. The molecule has 0 heterocycles. The van der Waals surface area contributed by atoms with E-state index in [0.717, 1.165) is 12.3 Å². The molecule has 3 rings (SSSR count). The fraction of sp³-hybridized carbons (Fsp3) is 0.680. The Balaban J connectivity index is 1.90. The zero-order valence-electron chi connectivity index (χ0n) is 18.7. The topological polar surface area (TPSA) is 55.4 Å². The van der Waals surface area contributed by atoms with Crippen LogP contribution in [0, 0.1) is 17.8 Å². The molecular weight excluding hydrogens is 362 g/mol. The highest BCUT2D eigenvalue weighted by Crippen LogP contribution is 2.55. The van der Waals surface area contributed by atoms with E-state index in [9.17, 15) is 9.59 Å². The number of nitrogens with one attached hydrogen (secondary N) is 1. The van der Waals surface area contributed by atoms with Crippen LogP contribution in [-0.4, -0.2) is 17.9 Å². The lowest BCUT2D eigenvalue weighted by molar-refractivity contribution is -0.140. The molecule has 4 atom stereocenters. The van der Waals surface area contributed by atoms with E-state index >= 15 is 0 Å². The zero-order valence-corrected chi connectivity index (χ0v) is 18.7. The highest BCUT2D eigenvalue weighted by atomic mass is 16.5. The summed E-state index contributed by atoms with van der Waals surface area (Å²) in [5.74, 6) is 1.42. The average molecular weight is 400 g/mol. The summed E-state index contributed by atoms with van der Waals surface area (Å²) in [5.41, 5.74) is 3.05. The van der Waals surface area contributed by atoms with Crippen LogP contribution in [0.4, 0.5) is 0 Å². The molecule has 1 fully saturated rings. The van der Waals surface area contributed by atoms with Gasteiger partial charge in [-0.15, -0.1) is 0 Å². The molecule has 2 aliphatic carbocycles. The lowest BCUT2D eigenvalue weighted by Gasteiger charge is -2.52. The third-order valence-electron chi connectivity index (χ3n) is 7.35. The minimum absolute atomic E-state index is 0.0287. The minimum atomic E-state index is -0.629. The predicted molar refractivity (Wildman–Crippen MR) is 116 cm³/mol. The fourth-order valence-corrected chi connectivity index (χ4v) is 5.69. The van der Waals surface area contributed by atoms with Crippen molar-refractivity contribution in [2.45, 2.75) is 91.0 Å². The molecule has 0 aliphatic heterocycles. The molecule has 2 aliphatic rings. The first-order chi connectivity index (χ1) is 13.8. The number of hydrogen-bond donors (Lipinski definition) is 1. The van der Waals surface area contributed by atoms with Crippen molar-refractivity contribution in [2.75, 3.05) is 0 Å². The Hall–Kier alpha value is -1.84. The third kappa shape index (κ3) is 4.36. The van der Waals surface area contributed by atoms with Gasteiger partial charge >= 0.3 is 5.97 Å². The molecule has 0 spiro atoms. The Kier molecular flexibility index (Phi) is 6.70. The molecule has 1 unspecified atom stereocenters. The second-order valence-electron chi connectivity index (χ2n) is 9.57. The Morgan fingerprint density at radius 2 is 2.07 bits per heavy atom. The van der Waals surface area contributed by atoms with Crippen LogP contribution in [0.25, 0.3) is 0 Å². The molecule has 1 saturated carbocycles. The van der Waals surface area contributed by atoms with Gasteiger partial charge in [-0.25, -0.2) is 4.79 Å². The van der Waals surface area contributed by atoms with Gasteiger partial charge in [0.1, 0.15) is 11.8 Å². The summed E-state index contributed by atoms with van der Waals surface area (Å²) < 4.78 is 5.77. The Labute approximate surface area is 175 Å². The van der Waals surface area contributed by atoms with Gasteiger partial charge in [0.25, 0.3) is 0 Å². The maximum Gasteiger partial charge on any atom is 0.334 e. The van der Waals surface area contributed by atoms with Gasteiger partial charge in [-0.05, 0) is 72.1 Å². The van der Waals surface area contributed by atoms with Crippen molar-refractivity contribution < 1.29 is 14.3 Å². The fourth-order valence-electron chi connectivity index (χ4n) is 5.69. The van der Waals surface area contributed by atoms with E-state index in [1.54, 1.807) is 0 Å². The SMILES string of the molecule is CCCC[C@@]12CCC[C@@H](Cc3ccc(OC(=O)C(NC(C)=O)C(C)C)cc31)[C@H]2C. The van der Waals surface area contributed by atoms with Gasteiger partial charge in [0.05, 0.1) is 0 Å². The van der Waals surface area contributed by atoms with Gasteiger partial charge in [0, 0.05) is 6.92 Å². The molecule has 0 saturated heterocycles. The molecule has 0 aromatic heterocycles. The summed E-state index contributed by atoms with van der Waals surface area (Å²) in [5, 5.41) is 2.73. The first-order valence-corrected chi connectivity index (χ1v) is 11.4. The molecular formula is C25H37NO3. The maximum absolute atomic E-state index is 12.8. The number of benzene rings is 1. The summed E-state index contributed by atoms with van der Waals surface area (Å²) in [4.78, 5) is 24.2. The van der Waals surface area contributed by atoms with Gasteiger partial charge in [-0.2, -0.15) is 0 Å². The van der Waals surface area contributed by atoms with Crippen molar-refractivity contribution in [1.29, 1.82) is 0 Å². The van der Waals surface area contributed by atoms with Gasteiger partial charge in [0.2, 0.25) is 5.91 Å². The number of fused-ring (bicyclic) bond motifs is 4. The van der Waals surface area contributed by atoms with Crippen molar-refractivity contribution >= 4 is 11.9 Å². The van der Waals surface area contributed by atoms with Crippen molar-refractivity contribution in [3.63, 3.8) is 0 Å².